The number of carbonyl (C=O) groups excluding carboxylic acids is 2. The lowest BCUT2D eigenvalue weighted by atomic mass is 10.1. The average molecular weight is 399 g/mol. The molecule has 2 aromatic carbocycles. The van der Waals surface area contributed by atoms with Gasteiger partial charge < -0.3 is 10.6 Å². The Morgan fingerprint density at radius 2 is 1.96 bits per heavy atom. The molecule has 0 saturated carbocycles. The van der Waals surface area contributed by atoms with Gasteiger partial charge in [-0.25, -0.2) is 9.07 Å². The number of fused-ring (bicyclic) bond motifs is 1. The second-order valence-corrected chi connectivity index (χ2v) is 6.95. The minimum Gasteiger partial charge on any atom is -0.322 e. The molecule has 0 spiro atoms. The fourth-order valence-electron chi connectivity index (χ4n) is 3.20. The molecule has 8 heteroatoms. The normalized spacial score (nSPS) is 15.7. The van der Waals surface area contributed by atoms with Gasteiger partial charge in [0.1, 0.15) is 17.7 Å². The number of nitrogens with zero attached hydrogens (tertiary/aromatic N) is 2. The summed E-state index contributed by atoms with van der Waals surface area (Å²) in [6.45, 7) is 1.82. The fourth-order valence-corrected chi connectivity index (χ4v) is 3.33. The number of hydrogen-bond acceptors (Lipinski definition) is 3. The molecule has 2 amide bonds. The first-order valence-electron chi connectivity index (χ1n) is 8.64. The van der Waals surface area contributed by atoms with Crippen LogP contribution in [0.2, 0.25) is 5.02 Å². The number of halogens is 2. The Kier molecular flexibility index (Phi) is 4.60. The molecule has 2 heterocycles. The first kappa shape index (κ1) is 18.2. The van der Waals surface area contributed by atoms with Gasteiger partial charge in [0, 0.05) is 16.1 Å². The highest BCUT2D eigenvalue weighted by molar-refractivity contribution is 6.30. The Morgan fingerprint density at radius 3 is 2.68 bits per heavy atom. The van der Waals surface area contributed by atoms with E-state index < -0.39 is 17.8 Å². The second kappa shape index (κ2) is 7.09. The Hall–Kier alpha value is -3.19. The number of rotatable bonds is 3. The van der Waals surface area contributed by atoms with E-state index in [1.807, 2.05) is 19.1 Å². The molecule has 0 aliphatic carbocycles. The van der Waals surface area contributed by atoms with E-state index in [9.17, 15) is 14.0 Å². The summed E-state index contributed by atoms with van der Waals surface area (Å²) in [5.41, 5.74) is 2.24. The van der Waals surface area contributed by atoms with Crippen LogP contribution in [0.1, 0.15) is 18.0 Å². The molecule has 0 saturated heterocycles. The van der Waals surface area contributed by atoms with Crippen LogP contribution in [0.25, 0.3) is 11.3 Å². The van der Waals surface area contributed by atoms with Crippen LogP contribution in [0.5, 0.6) is 0 Å². The fraction of sp³-hybridized carbons (Fsp3) is 0.150. The summed E-state index contributed by atoms with van der Waals surface area (Å²) in [6, 6.07) is 12.1. The Morgan fingerprint density at radius 1 is 1.25 bits per heavy atom. The molecule has 0 fully saturated rings. The molecule has 3 aromatic rings. The summed E-state index contributed by atoms with van der Waals surface area (Å²) in [4.78, 5) is 25.0. The highest BCUT2D eigenvalue weighted by atomic mass is 35.5. The van der Waals surface area contributed by atoms with Crippen LogP contribution in [-0.2, 0) is 9.59 Å². The second-order valence-electron chi connectivity index (χ2n) is 6.51. The van der Waals surface area contributed by atoms with E-state index in [-0.39, 0.29) is 18.0 Å². The van der Waals surface area contributed by atoms with E-state index in [0.29, 0.717) is 16.5 Å². The molecule has 142 valence electrons. The first-order valence-corrected chi connectivity index (χ1v) is 9.02. The Balaban J connectivity index is 1.71. The SMILES string of the molecule is Cc1c(-c2ccc(Cl)cc2)nn2c1NC(=O)CC2C(=O)Nc1ccccc1F. The smallest absolute Gasteiger partial charge is 0.249 e. The summed E-state index contributed by atoms with van der Waals surface area (Å²) in [5.74, 6) is -0.900. The van der Waals surface area contributed by atoms with Crippen molar-refractivity contribution in [2.24, 2.45) is 0 Å². The largest absolute Gasteiger partial charge is 0.322 e. The van der Waals surface area contributed by atoms with Crippen molar-refractivity contribution in [1.82, 2.24) is 9.78 Å². The molecule has 2 N–H and O–H groups in total. The molecule has 1 atom stereocenters. The molecule has 6 nitrogen and oxygen atoms in total. The summed E-state index contributed by atoms with van der Waals surface area (Å²) in [7, 11) is 0. The number of hydrogen-bond donors (Lipinski definition) is 2. The summed E-state index contributed by atoms with van der Waals surface area (Å²) < 4.78 is 15.4. The number of amides is 2. The van der Waals surface area contributed by atoms with Crippen molar-refractivity contribution in [3.63, 3.8) is 0 Å². The maximum atomic E-state index is 13.9. The Labute approximate surface area is 165 Å². The molecule has 4 rings (SSSR count). The van der Waals surface area contributed by atoms with Gasteiger partial charge in [-0.15, -0.1) is 0 Å². The third-order valence-electron chi connectivity index (χ3n) is 4.63. The number of anilines is 2. The van der Waals surface area contributed by atoms with Gasteiger partial charge in [0.15, 0.2) is 0 Å². The lowest BCUT2D eigenvalue weighted by Gasteiger charge is -2.24. The molecule has 1 aliphatic heterocycles. The highest BCUT2D eigenvalue weighted by Crippen LogP contribution is 2.34. The number of aromatic nitrogens is 2. The molecule has 1 aromatic heterocycles. The average Bonchev–Trinajstić information content (AvgIpc) is 3.00. The van der Waals surface area contributed by atoms with Crippen LogP contribution in [0.15, 0.2) is 48.5 Å². The van der Waals surface area contributed by atoms with Gasteiger partial charge in [0.2, 0.25) is 11.8 Å². The summed E-state index contributed by atoms with van der Waals surface area (Å²) >= 11 is 5.95. The van der Waals surface area contributed by atoms with E-state index in [0.717, 1.165) is 11.1 Å². The van der Waals surface area contributed by atoms with E-state index in [2.05, 4.69) is 15.7 Å². The maximum absolute atomic E-state index is 13.9. The molecule has 1 aliphatic rings. The number of nitrogens with one attached hydrogen (secondary N) is 2. The van der Waals surface area contributed by atoms with Crippen LogP contribution < -0.4 is 10.6 Å². The Bertz CT molecular complexity index is 1080. The van der Waals surface area contributed by atoms with Crippen molar-refractivity contribution in [3.8, 4) is 11.3 Å². The molecule has 1 unspecified atom stereocenters. The third kappa shape index (κ3) is 3.25. The predicted molar refractivity (Wildman–Crippen MR) is 105 cm³/mol. The minimum atomic E-state index is -0.886. The number of carbonyl (C=O) groups is 2. The van der Waals surface area contributed by atoms with E-state index >= 15 is 0 Å². The van der Waals surface area contributed by atoms with Gasteiger partial charge in [-0.1, -0.05) is 35.9 Å². The summed E-state index contributed by atoms with van der Waals surface area (Å²) in [5, 5.41) is 10.5. The molecular formula is C20H16ClFN4O2. The maximum Gasteiger partial charge on any atom is 0.249 e. The van der Waals surface area contributed by atoms with Crippen molar-refractivity contribution in [2.75, 3.05) is 10.6 Å². The first-order chi connectivity index (χ1) is 13.4. The van der Waals surface area contributed by atoms with E-state index in [1.54, 1.807) is 18.2 Å². The molecule has 0 radical (unpaired) electrons. The minimum absolute atomic E-state index is 0.0573. The third-order valence-corrected chi connectivity index (χ3v) is 4.88. The van der Waals surface area contributed by atoms with Crippen molar-refractivity contribution >= 4 is 34.9 Å². The van der Waals surface area contributed by atoms with Gasteiger partial charge in [0.25, 0.3) is 0 Å². The lowest BCUT2D eigenvalue weighted by molar-refractivity contribution is -0.125. The quantitative estimate of drug-likeness (QED) is 0.695. The van der Waals surface area contributed by atoms with Crippen molar-refractivity contribution in [1.29, 1.82) is 0 Å². The molecular weight excluding hydrogens is 383 g/mol. The van der Waals surface area contributed by atoms with Crippen molar-refractivity contribution in [3.05, 3.63) is 64.9 Å². The molecule has 28 heavy (non-hydrogen) atoms. The van der Waals surface area contributed by atoms with Crippen LogP contribution in [-0.4, -0.2) is 21.6 Å². The van der Waals surface area contributed by atoms with Crippen molar-refractivity contribution < 1.29 is 14.0 Å². The van der Waals surface area contributed by atoms with Gasteiger partial charge >= 0.3 is 0 Å². The van der Waals surface area contributed by atoms with Gasteiger partial charge in [-0.05, 0) is 31.2 Å². The van der Waals surface area contributed by atoms with Crippen LogP contribution in [0, 0.1) is 12.7 Å². The van der Waals surface area contributed by atoms with Gasteiger partial charge in [-0.3, -0.25) is 9.59 Å². The molecule has 0 bridgehead atoms. The zero-order chi connectivity index (χ0) is 19.8. The standard InChI is InChI=1S/C20H16ClFN4O2/c1-11-18(12-6-8-13(21)9-7-12)25-26-16(10-17(27)24-19(11)26)20(28)23-15-5-3-2-4-14(15)22/h2-9,16H,10H2,1H3,(H,23,28)(H,24,27). The number of benzene rings is 2. The predicted octanol–water partition coefficient (Wildman–Crippen LogP) is 4.17. The van der Waals surface area contributed by atoms with Crippen LogP contribution >= 0.6 is 11.6 Å². The topological polar surface area (TPSA) is 76.0 Å². The zero-order valence-electron chi connectivity index (χ0n) is 14.9. The summed E-state index contributed by atoms with van der Waals surface area (Å²) in [6.07, 6.45) is -0.0888. The van der Waals surface area contributed by atoms with E-state index in [1.165, 1.54) is 22.9 Å². The van der Waals surface area contributed by atoms with Gasteiger partial charge in [-0.2, -0.15) is 5.10 Å². The number of para-hydroxylation sites is 1. The highest BCUT2D eigenvalue weighted by Gasteiger charge is 2.34. The van der Waals surface area contributed by atoms with Gasteiger partial charge in [0.05, 0.1) is 17.8 Å². The lowest BCUT2D eigenvalue weighted by Crippen LogP contribution is -2.36. The zero-order valence-corrected chi connectivity index (χ0v) is 15.6. The van der Waals surface area contributed by atoms with Crippen LogP contribution in [0.4, 0.5) is 15.9 Å². The monoisotopic (exact) mass is 398 g/mol. The van der Waals surface area contributed by atoms with Crippen LogP contribution in [0.3, 0.4) is 0 Å². The van der Waals surface area contributed by atoms with E-state index in [4.69, 9.17) is 11.6 Å². The van der Waals surface area contributed by atoms with Crippen molar-refractivity contribution in [2.45, 2.75) is 19.4 Å².